The molecule has 0 saturated carbocycles. The van der Waals surface area contributed by atoms with Crippen LogP contribution in [0.15, 0.2) is 18.2 Å². The van der Waals surface area contributed by atoms with Gasteiger partial charge in [-0.3, -0.25) is 0 Å². The van der Waals surface area contributed by atoms with Gasteiger partial charge in [0.05, 0.1) is 0 Å². The van der Waals surface area contributed by atoms with E-state index < -0.39 is 0 Å². The van der Waals surface area contributed by atoms with E-state index in [2.05, 4.69) is 13.8 Å². The molecule has 0 aliphatic heterocycles. The van der Waals surface area contributed by atoms with E-state index in [1.165, 1.54) is 5.56 Å². The largest absolute Gasteiger partial charge is 0.330 e. The molecule has 0 saturated heterocycles. The molecule has 0 spiro atoms. The minimum Gasteiger partial charge on any atom is -0.330 e. The normalized spacial score (nSPS) is 23.6. The van der Waals surface area contributed by atoms with Gasteiger partial charge in [0, 0.05) is 0 Å². The van der Waals surface area contributed by atoms with Gasteiger partial charge in [-0.15, -0.1) is 0 Å². The van der Waals surface area contributed by atoms with Crippen LogP contribution in [-0.2, 0) is 11.8 Å². The van der Waals surface area contributed by atoms with Crippen molar-refractivity contribution < 1.29 is 4.39 Å². The smallest absolute Gasteiger partial charge is 0.123 e. The topological polar surface area (TPSA) is 26.0 Å². The molecule has 0 amide bonds. The van der Waals surface area contributed by atoms with Crippen LogP contribution >= 0.6 is 0 Å². The first-order chi connectivity index (χ1) is 7.05. The zero-order valence-electron chi connectivity index (χ0n) is 9.39. The standard InChI is InChI=1S/C13H18FN/c1-13(2)10(8-15)5-3-9-4-6-11(14)7-12(9)13/h4,6-7,10H,3,5,8,15H2,1-2H3. The lowest BCUT2D eigenvalue weighted by Gasteiger charge is -2.40. The van der Waals surface area contributed by atoms with E-state index >= 15 is 0 Å². The lowest BCUT2D eigenvalue weighted by atomic mass is 9.65. The predicted molar refractivity (Wildman–Crippen MR) is 60.3 cm³/mol. The first-order valence-corrected chi connectivity index (χ1v) is 5.54. The molecular formula is C13H18FN. The Balaban J connectivity index is 2.50. The minimum atomic E-state index is -0.139. The summed E-state index contributed by atoms with van der Waals surface area (Å²) in [4.78, 5) is 0. The summed E-state index contributed by atoms with van der Waals surface area (Å²) in [6, 6.07) is 5.15. The number of fused-ring (bicyclic) bond motifs is 1. The minimum absolute atomic E-state index is 0.00440. The number of rotatable bonds is 1. The summed E-state index contributed by atoms with van der Waals surface area (Å²) in [6.07, 6.45) is 2.14. The Morgan fingerprint density at radius 2 is 2.20 bits per heavy atom. The van der Waals surface area contributed by atoms with Crippen molar-refractivity contribution in [2.45, 2.75) is 32.1 Å². The number of hydrogen-bond donors (Lipinski definition) is 1. The van der Waals surface area contributed by atoms with Crippen LogP contribution in [0.25, 0.3) is 0 Å². The predicted octanol–water partition coefficient (Wildman–Crippen LogP) is 2.62. The highest BCUT2D eigenvalue weighted by Gasteiger charge is 2.35. The van der Waals surface area contributed by atoms with Crippen molar-refractivity contribution in [1.82, 2.24) is 0 Å². The number of benzene rings is 1. The second kappa shape index (κ2) is 3.60. The van der Waals surface area contributed by atoms with Crippen molar-refractivity contribution in [2.24, 2.45) is 11.7 Å². The maximum atomic E-state index is 13.2. The van der Waals surface area contributed by atoms with Gasteiger partial charge in [-0.05, 0) is 54.0 Å². The van der Waals surface area contributed by atoms with Crippen LogP contribution in [0.1, 0.15) is 31.4 Å². The molecule has 1 nitrogen and oxygen atoms in total. The van der Waals surface area contributed by atoms with Crippen LogP contribution in [0.4, 0.5) is 4.39 Å². The molecule has 15 heavy (non-hydrogen) atoms. The third-order valence-electron chi connectivity index (χ3n) is 3.83. The molecule has 1 aromatic rings. The zero-order valence-corrected chi connectivity index (χ0v) is 9.39. The summed E-state index contributed by atoms with van der Waals surface area (Å²) in [6.45, 7) is 5.02. The van der Waals surface area contributed by atoms with Gasteiger partial charge in [-0.25, -0.2) is 4.39 Å². The molecule has 2 heteroatoms. The van der Waals surface area contributed by atoms with E-state index in [1.807, 2.05) is 6.07 Å². The summed E-state index contributed by atoms with van der Waals surface area (Å²) < 4.78 is 13.2. The SMILES string of the molecule is CC1(C)c2cc(F)ccc2CCC1CN. The summed E-state index contributed by atoms with van der Waals surface area (Å²) in [5, 5.41) is 0. The highest BCUT2D eigenvalue weighted by Crippen LogP contribution is 2.40. The number of aryl methyl sites for hydroxylation is 1. The van der Waals surface area contributed by atoms with E-state index in [0.29, 0.717) is 12.5 Å². The highest BCUT2D eigenvalue weighted by molar-refractivity contribution is 5.37. The molecule has 2 rings (SSSR count). The molecule has 1 aliphatic rings. The summed E-state index contributed by atoms with van der Waals surface area (Å²) in [7, 11) is 0. The maximum Gasteiger partial charge on any atom is 0.123 e. The van der Waals surface area contributed by atoms with Gasteiger partial charge in [0.2, 0.25) is 0 Å². The van der Waals surface area contributed by atoms with E-state index in [0.717, 1.165) is 18.4 Å². The van der Waals surface area contributed by atoms with Gasteiger partial charge in [0.15, 0.2) is 0 Å². The van der Waals surface area contributed by atoms with Crippen molar-refractivity contribution >= 4 is 0 Å². The fourth-order valence-corrected chi connectivity index (χ4v) is 2.69. The van der Waals surface area contributed by atoms with E-state index in [4.69, 9.17) is 5.73 Å². The molecular weight excluding hydrogens is 189 g/mol. The number of hydrogen-bond acceptors (Lipinski definition) is 1. The number of nitrogens with two attached hydrogens (primary N) is 1. The highest BCUT2D eigenvalue weighted by atomic mass is 19.1. The number of halogens is 1. The molecule has 0 bridgehead atoms. The maximum absolute atomic E-state index is 13.2. The second-order valence-electron chi connectivity index (χ2n) is 4.99. The Hall–Kier alpha value is -0.890. The third kappa shape index (κ3) is 1.67. The fourth-order valence-electron chi connectivity index (χ4n) is 2.69. The Morgan fingerprint density at radius 1 is 1.47 bits per heavy atom. The summed E-state index contributed by atoms with van der Waals surface area (Å²) in [5.74, 6) is 0.325. The third-order valence-corrected chi connectivity index (χ3v) is 3.83. The zero-order chi connectivity index (χ0) is 11.1. The van der Waals surface area contributed by atoms with E-state index in [9.17, 15) is 4.39 Å². The van der Waals surface area contributed by atoms with Gasteiger partial charge in [0.25, 0.3) is 0 Å². The van der Waals surface area contributed by atoms with Crippen LogP contribution in [0.5, 0.6) is 0 Å². The lowest BCUT2D eigenvalue weighted by Crippen LogP contribution is -2.38. The van der Waals surface area contributed by atoms with Crippen molar-refractivity contribution in [1.29, 1.82) is 0 Å². The molecule has 0 fully saturated rings. The van der Waals surface area contributed by atoms with Gasteiger partial charge in [0.1, 0.15) is 5.82 Å². The quantitative estimate of drug-likeness (QED) is 0.752. The van der Waals surface area contributed by atoms with Crippen LogP contribution < -0.4 is 5.73 Å². The summed E-state index contributed by atoms with van der Waals surface area (Å²) in [5.41, 5.74) is 8.21. The van der Waals surface area contributed by atoms with Crippen molar-refractivity contribution in [3.63, 3.8) is 0 Å². The Kier molecular flexibility index (Phi) is 2.55. The van der Waals surface area contributed by atoms with Crippen LogP contribution in [0.2, 0.25) is 0 Å². The van der Waals surface area contributed by atoms with Crippen LogP contribution in [-0.4, -0.2) is 6.54 Å². The Bertz CT molecular complexity index is 371. The molecule has 0 heterocycles. The van der Waals surface area contributed by atoms with E-state index in [1.54, 1.807) is 12.1 Å². The molecule has 2 N–H and O–H groups in total. The average Bonchev–Trinajstić information content (AvgIpc) is 2.19. The van der Waals surface area contributed by atoms with Crippen molar-refractivity contribution in [2.75, 3.05) is 6.54 Å². The van der Waals surface area contributed by atoms with Gasteiger partial charge in [-0.2, -0.15) is 0 Å². The first-order valence-electron chi connectivity index (χ1n) is 5.54. The molecule has 1 aromatic carbocycles. The van der Waals surface area contributed by atoms with Crippen LogP contribution in [0.3, 0.4) is 0 Å². The first kappa shape index (κ1) is 10.6. The van der Waals surface area contributed by atoms with Crippen LogP contribution in [0, 0.1) is 11.7 Å². The Morgan fingerprint density at radius 3 is 2.87 bits per heavy atom. The Labute approximate surface area is 90.5 Å². The van der Waals surface area contributed by atoms with Gasteiger partial charge >= 0.3 is 0 Å². The average molecular weight is 207 g/mol. The van der Waals surface area contributed by atoms with Gasteiger partial charge < -0.3 is 5.73 Å². The molecule has 0 radical (unpaired) electrons. The molecule has 1 unspecified atom stereocenters. The monoisotopic (exact) mass is 207 g/mol. The van der Waals surface area contributed by atoms with Crippen molar-refractivity contribution in [3.8, 4) is 0 Å². The molecule has 82 valence electrons. The second-order valence-corrected chi connectivity index (χ2v) is 4.99. The molecule has 1 aliphatic carbocycles. The summed E-state index contributed by atoms with van der Waals surface area (Å²) >= 11 is 0. The lowest BCUT2D eigenvalue weighted by molar-refractivity contribution is 0.284. The van der Waals surface area contributed by atoms with Gasteiger partial charge in [-0.1, -0.05) is 19.9 Å². The molecule has 0 aromatic heterocycles. The molecule has 1 atom stereocenters. The fraction of sp³-hybridized carbons (Fsp3) is 0.538. The van der Waals surface area contributed by atoms with E-state index in [-0.39, 0.29) is 11.2 Å². The van der Waals surface area contributed by atoms with Crippen molar-refractivity contribution in [3.05, 3.63) is 35.1 Å².